The standard InChI is InChI=1S/C13H16FN3O/c1-4-9-10(5-8(14)6-12(9)18-3)11-7-16-17(2)13(11)15/h5-7H,4,15H2,1-3H3. The average Bonchev–Trinajstić information content (AvgIpc) is 2.69. The number of hydrogen-bond donors (Lipinski definition) is 1. The van der Waals surface area contributed by atoms with Crippen molar-refractivity contribution in [2.45, 2.75) is 13.3 Å². The average molecular weight is 249 g/mol. The highest BCUT2D eigenvalue weighted by Gasteiger charge is 2.16. The van der Waals surface area contributed by atoms with Gasteiger partial charge in [-0.05, 0) is 18.1 Å². The number of nitrogens with two attached hydrogens (primary N) is 1. The van der Waals surface area contributed by atoms with E-state index in [0.29, 0.717) is 11.6 Å². The van der Waals surface area contributed by atoms with Crippen LogP contribution in [0.5, 0.6) is 5.75 Å². The topological polar surface area (TPSA) is 53.1 Å². The van der Waals surface area contributed by atoms with Gasteiger partial charge in [0.25, 0.3) is 0 Å². The monoisotopic (exact) mass is 249 g/mol. The van der Waals surface area contributed by atoms with Crippen LogP contribution in [0.3, 0.4) is 0 Å². The van der Waals surface area contributed by atoms with Crippen LogP contribution >= 0.6 is 0 Å². The van der Waals surface area contributed by atoms with E-state index in [0.717, 1.165) is 23.1 Å². The summed E-state index contributed by atoms with van der Waals surface area (Å²) in [6.07, 6.45) is 2.37. The Morgan fingerprint density at radius 3 is 2.61 bits per heavy atom. The molecule has 0 aliphatic heterocycles. The first kappa shape index (κ1) is 12.4. The van der Waals surface area contributed by atoms with E-state index in [-0.39, 0.29) is 5.82 Å². The van der Waals surface area contributed by atoms with Crippen molar-refractivity contribution in [3.8, 4) is 16.9 Å². The molecule has 0 saturated carbocycles. The Morgan fingerprint density at radius 2 is 2.11 bits per heavy atom. The summed E-state index contributed by atoms with van der Waals surface area (Å²) >= 11 is 0. The minimum atomic E-state index is -0.345. The lowest BCUT2D eigenvalue weighted by atomic mass is 9.98. The van der Waals surface area contributed by atoms with Gasteiger partial charge in [0.2, 0.25) is 0 Å². The van der Waals surface area contributed by atoms with E-state index in [9.17, 15) is 4.39 Å². The van der Waals surface area contributed by atoms with E-state index in [2.05, 4.69) is 5.10 Å². The molecule has 0 unspecified atom stereocenters. The maximum absolute atomic E-state index is 13.6. The first-order valence-electron chi connectivity index (χ1n) is 5.72. The van der Waals surface area contributed by atoms with Crippen LogP contribution in [-0.4, -0.2) is 16.9 Å². The van der Waals surface area contributed by atoms with Gasteiger partial charge in [-0.1, -0.05) is 6.92 Å². The van der Waals surface area contributed by atoms with Crippen molar-refractivity contribution in [1.82, 2.24) is 9.78 Å². The summed E-state index contributed by atoms with van der Waals surface area (Å²) in [7, 11) is 3.28. The predicted molar refractivity (Wildman–Crippen MR) is 68.9 cm³/mol. The van der Waals surface area contributed by atoms with E-state index in [1.54, 1.807) is 17.9 Å². The zero-order valence-corrected chi connectivity index (χ0v) is 10.7. The molecule has 0 spiro atoms. The maximum Gasteiger partial charge on any atom is 0.129 e. The number of halogens is 1. The lowest BCUT2D eigenvalue weighted by Gasteiger charge is -2.12. The van der Waals surface area contributed by atoms with Crippen molar-refractivity contribution in [1.29, 1.82) is 0 Å². The summed E-state index contributed by atoms with van der Waals surface area (Å²) in [5, 5.41) is 4.08. The molecule has 18 heavy (non-hydrogen) atoms. The second kappa shape index (κ2) is 4.68. The van der Waals surface area contributed by atoms with Crippen LogP contribution in [-0.2, 0) is 13.5 Å². The normalized spacial score (nSPS) is 10.7. The second-order valence-corrected chi connectivity index (χ2v) is 4.05. The summed E-state index contributed by atoms with van der Waals surface area (Å²) in [6, 6.07) is 2.85. The number of aryl methyl sites for hydroxylation is 1. The molecule has 1 heterocycles. The van der Waals surface area contributed by atoms with Gasteiger partial charge in [0.15, 0.2) is 0 Å². The molecule has 0 fully saturated rings. The fourth-order valence-electron chi connectivity index (χ4n) is 2.05. The first-order valence-corrected chi connectivity index (χ1v) is 5.72. The molecule has 0 atom stereocenters. The highest BCUT2D eigenvalue weighted by molar-refractivity contribution is 5.77. The molecule has 0 radical (unpaired) electrons. The predicted octanol–water partition coefficient (Wildman–Crippen LogP) is 2.38. The smallest absolute Gasteiger partial charge is 0.129 e. The molecular weight excluding hydrogens is 233 g/mol. The van der Waals surface area contributed by atoms with Crippen LogP contribution in [0.25, 0.3) is 11.1 Å². The largest absolute Gasteiger partial charge is 0.496 e. The third-order valence-corrected chi connectivity index (χ3v) is 3.02. The van der Waals surface area contributed by atoms with Gasteiger partial charge in [-0.3, -0.25) is 4.68 Å². The quantitative estimate of drug-likeness (QED) is 0.908. The Labute approximate surface area is 105 Å². The van der Waals surface area contributed by atoms with Gasteiger partial charge in [-0.2, -0.15) is 5.10 Å². The molecular formula is C13H16FN3O. The summed E-state index contributed by atoms with van der Waals surface area (Å²) in [4.78, 5) is 0. The lowest BCUT2D eigenvalue weighted by molar-refractivity contribution is 0.407. The van der Waals surface area contributed by atoms with Crippen LogP contribution in [0, 0.1) is 5.82 Å². The van der Waals surface area contributed by atoms with Crippen molar-refractivity contribution in [3.63, 3.8) is 0 Å². The van der Waals surface area contributed by atoms with E-state index in [4.69, 9.17) is 10.5 Å². The lowest BCUT2D eigenvalue weighted by Crippen LogP contribution is -2.00. The van der Waals surface area contributed by atoms with Crippen molar-refractivity contribution in [2.24, 2.45) is 7.05 Å². The third-order valence-electron chi connectivity index (χ3n) is 3.02. The van der Waals surface area contributed by atoms with Crippen LogP contribution in [0.15, 0.2) is 18.3 Å². The first-order chi connectivity index (χ1) is 8.58. The molecule has 0 aliphatic rings. The minimum Gasteiger partial charge on any atom is -0.496 e. The van der Waals surface area contributed by atoms with Gasteiger partial charge in [0.05, 0.1) is 13.3 Å². The molecule has 2 rings (SSSR count). The Balaban J connectivity index is 2.70. The Hall–Kier alpha value is -2.04. The van der Waals surface area contributed by atoms with E-state index < -0.39 is 0 Å². The van der Waals surface area contributed by atoms with Gasteiger partial charge >= 0.3 is 0 Å². The summed E-state index contributed by atoms with van der Waals surface area (Å²) in [6.45, 7) is 1.99. The third kappa shape index (κ3) is 1.92. The minimum absolute atomic E-state index is 0.345. The molecule has 1 aromatic heterocycles. The number of rotatable bonds is 3. The van der Waals surface area contributed by atoms with Crippen molar-refractivity contribution in [3.05, 3.63) is 29.7 Å². The van der Waals surface area contributed by atoms with Gasteiger partial charge in [-0.15, -0.1) is 0 Å². The Bertz CT molecular complexity index is 578. The SMILES string of the molecule is CCc1c(OC)cc(F)cc1-c1cnn(C)c1N. The molecule has 5 heteroatoms. The van der Waals surface area contributed by atoms with Crippen LogP contribution in [0.4, 0.5) is 10.2 Å². The molecule has 4 nitrogen and oxygen atoms in total. The molecule has 2 aromatic rings. The van der Waals surface area contributed by atoms with Gasteiger partial charge in [-0.25, -0.2) is 4.39 Å². The fourth-order valence-corrected chi connectivity index (χ4v) is 2.05. The second-order valence-electron chi connectivity index (χ2n) is 4.05. The summed E-state index contributed by atoms with van der Waals surface area (Å²) < 4.78 is 20.4. The fraction of sp³-hybridized carbons (Fsp3) is 0.308. The number of aromatic nitrogens is 2. The zero-order chi connectivity index (χ0) is 13.3. The van der Waals surface area contributed by atoms with Gasteiger partial charge < -0.3 is 10.5 Å². The number of ether oxygens (including phenoxy) is 1. The molecule has 1 aromatic carbocycles. The number of nitrogens with zero attached hydrogens (tertiary/aromatic N) is 2. The molecule has 0 saturated heterocycles. The zero-order valence-electron chi connectivity index (χ0n) is 10.7. The Kier molecular flexibility index (Phi) is 3.23. The van der Waals surface area contributed by atoms with E-state index in [1.807, 2.05) is 6.92 Å². The highest BCUT2D eigenvalue weighted by Crippen LogP contribution is 2.34. The maximum atomic E-state index is 13.6. The number of nitrogen functional groups attached to an aromatic ring is 1. The molecule has 0 amide bonds. The number of benzene rings is 1. The van der Waals surface area contributed by atoms with Gasteiger partial charge in [0.1, 0.15) is 17.4 Å². The van der Waals surface area contributed by atoms with Gasteiger partial charge in [0, 0.05) is 24.2 Å². The summed E-state index contributed by atoms with van der Waals surface area (Å²) in [5.74, 6) is 0.704. The van der Waals surface area contributed by atoms with Crippen molar-refractivity contribution < 1.29 is 9.13 Å². The van der Waals surface area contributed by atoms with Crippen LogP contribution < -0.4 is 10.5 Å². The number of anilines is 1. The number of hydrogen-bond acceptors (Lipinski definition) is 3. The van der Waals surface area contributed by atoms with E-state index >= 15 is 0 Å². The highest BCUT2D eigenvalue weighted by atomic mass is 19.1. The molecule has 0 bridgehead atoms. The van der Waals surface area contributed by atoms with Crippen molar-refractivity contribution in [2.75, 3.05) is 12.8 Å². The Morgan fingerprint density at radius 1 is 1.39 bits per heavy atom. The van der Waals surface area contributed by atoms with E-state index in [1.165, 1.54) is 19.2 Å². The van der Waals surface area contributed by atoms with Crippen LogP contribution in [0.2, 0.25) is 0 Å². The molecule has 0 aliphatic carbocycles. The molecule has 96 valence electrons. The summed E-state index contributed by atoms with van der Waals surface area (Å²) in [5.41, 5.74) is 8.33. The number of methoxy groups -OCH3 is 1. The molecule has 2 N–H and O–H groups in total. The van der Waals surface area contributed by atoms with Crippen molar-refractivity contribution >= 4 is 5.82 Å². The van der Waals surface area contributed by atoms with Crippen LogP contribution in [0.1, 0.15) is 12.5 Å².